The summed E-state index contributed by atoms with van der Waals surface area (Å²) in [4.78, 5) is 10.6. The lowest BCUT2D eigenvalue weighted by Gasteiger charge is -2.10. The van der Waals surface area contributed by atoms with Gasteiger partial charge in [0.1, 0.15) is 0 Å². The molecule has 1 aromatic heterocycles. The average molecular weight is 495 g/mol. The zero-order chi connectivity index (χ0) is 25.1. The first-order valence-corrected chi connectivity index (χ1v) is 15.2. The molecule has 1 unspecified atom stereocenters. The van der Waals surface area contributed by atoms with E-state index >= 15 is 0 Å². The smallest absolute Gasteiger partial charge is 0.159 e. The van der Waals surface area contributed by atoms with Gasteiger partial charge in [-0.15, -0.1) is 11.8 Å². The van der Waals surface area contributed by atoms with Crippen LogP contribution in [0.5, 0.6) is 0 Å². The predicted molar refractivity (Wildman–Crippen MR) is 156 cm³/mol. The van der Waals surface area contributed by atoms with Crippen LogP contribution in [-0.4, -0.2) is 15.7 Å². The van der Waals surface area contributed by atoms with Gasteiger partial charge >= 0.3 is 0 Å². The Morgan fingerprint density at radius 1 is 0.829 bits per heavy atom. The van der Waals surface area contributed by atoms with E-state index in [1.54, 1.807) is 0 Å². The molecule has 0 radical (unpaired) electrons. The second-order valence-electron chi connectivity index (χ2n) is 10.5. The Hall–Kier alpha value is -1.61. The van der Waals surface area contributed by atoms with Gasteiger partial charge in [0.05, 0.1) is 0 Å². The zero-order valence-corrected chi connectivity index (χ0v) is 23.8. The molecule has 194 valence electrons. The minimum absolute atomic E-state index is 0.782. The Morgan fingerprint density at radius 3 is 2.03 bits per heavy atom. The SMILES string of the molecule is CCCCCCCCCCCCc1cnc(-c2ccc(SCCC(C)CCC=C(C)C)cc2)nc1. The standard InChI is InChI=1S/C32H50N2S/c1-5-6-7-8-9-10-11-12-13-14-18-29-25-33-32(34-26-29)30-19-21-31(22-20-30)35-24-23-28(4)17-15-16-27(2)3/h16,19-22,25-26,28H,5-15,17-18,23-24H2,1-4H3. The Kier molecular flexibility index (Phi) is 15.8. The number of benzene rings is 1. The van der Waals surface area contributed by atoms with E-state index in [0.29, 0.717) is 0 Å². The number of nitrogens with zero attached hydrogens (tertiary/aromatic N) is 2. The third kappa shape index (κ3) is 13.9. The van der Waals surface area contributed by atoms with Crippen LogP contribution in [0.2, 0.25) is 0 Å². The highest BCUT2D eigenvalue weighted by molar-refractivity contribution is 7.99. The molecule has 0 aliphatic rings. The van der Waals surface area contributed by atoms with Crippen molar-refractivity contribution >= 4 is 11.8 Å². The van der Waals surface area contributed by atoms with Crippen LogP contribution in [0.1, 0.15) is 117 Å². The second kappa shape index (κ2) is 18.6. The summed E-state index contributed by atoms with van der Waals surface area (Å²) in [5.74, 6) is 2.80. The Balaban J connectivity index is 1.62. The molecule has 1 atom stereocenters. The third-order valence-electron chi connectivity index (χ3n) is 6.73. The Labute approximate surface area is 220 Å². The third-order valence-corrected chi connectivity index (χ3v) is 7.77. The highest BCUT2D eigenvalue weighted by atomic mass is 32.2. The molecule has 2 aromatic rings. The first-order valence-electron chi connectivity index (χ1n) is 14.3. The van der Waals surface area contributed by atoms with Crippen molar-refractivity contribution < 1.29 is 0 Å². The molecule has 1 heterocycles. The van der Waals surface area contributed by atoms with Crippen molar-refractivity contribution in [1.29, 1.82) is 0 Å². The Bertz CT molecular complexity index is 806. The number of unbranched alkanes of at least 4 members (excludes halogenated alkanes) is 9. The van der Waals surface area contributed by atoms with Crippen LogP contribution in [0.15, 0.2) is 53.2 Å². The van der Waals surface area contributed by atoms with E-state index in [-0.39, 0.29) is 0 Å². The van der Waals surface area contributed by atoms with Crippen LogP contribution < -0.4 is 0 Å². The number of thioether (sulfide) groups is 1. The van der Waals surface area contributed by atoms with Crippen LogP contribution in [0.4, 0.5) is 0 Å². The summed E-state index contributed by atoms with van der Waals surface area (Å²) >= 11 is 1.96. The maximum Gasteiger partial charge on any atom is 0.159 e. The van der Waals surface area contributed by atoms with E-state index < -0.39 is 0 Å². The summed E-state index contributed by atoms with van der Waals surface area (Å²) in [6.07, 6.45) is 25.0. The van der Waals surface area contributed by atoms with E-state index in [0.717, 1.165) is 23.7 Å². The largest absolute Gasteiger partial charge is 0.236 e. The van der Waals surface area contributed by atoms with Crippen molar-refractivity contribution in [3.05, 3.63) is 53.9 Å². The van der Waals surface area contributed by atoms with Crippen molar-refractivity contribution in [2.75, 3.05) is 5.75 Å². The summed E-state index contributed by atoms with van der Waals surface area (Å²) in [5.41, 5.74) is 3.80. The minimum atomic E-state index is 0.782. The maximum absolute atomic E-state index is 4.65. The van der Waals surface area contributed by atoms with Crippen molar-refractivity contribution in [2.24, 2.45) is 5.92 Å². The minimum Gasteiger partial charge on any atom is -0.236 e. The van der Waals surface area contributed by atoms with Crippen LogP contribution >= 0.6 is 11.8 Å². The molecular weight excluding hydrogens is 444 g/mol. The lowest BCUT2D eigenvalue weighted by molar-refractivity contribution is 0.525. The van der Waals surface area contributed by atoms with Crippen LogP contribution in [0.25, 0.3) is 11.4 Å². The van der Waals surface area contributed by atoms with E-state index in [9.17, 15) is 0 Å². The predicted octanol–water partition coefficient (Wildman–Crippen LogP) is 10.5. The molecular formula is C32H50N2S. The number of rotatable bonds is 19. The molecule has 1 aromatic carbocycles. The van der Waals surface area contributed by atoms with E-state index in [1.807, 2.05) is 24.2 Å². The van der Waals surface area contributed by atoms with Gasteiger partial charge in [0.2, 0.25) is 0 Å². The first kappa shape index (κ1) is 29.6. The zero-order valence-electron chi connectivity index (χ0n) is 23.0. The molecule has 2 nitrogen and oxygen atoms in total. The van der Waals surface area contributed by atoms with Crippen LogP contribution in [-0.2, 0) is 6.42 Å². The molecule has 3 heteroatoms. The van der Waals surface area contributed by atoms with Gasteiger partial charge in [0.25, 0.3) is 0 Å². The van der Waals surface area contributed by atoms with Gasteiger partial charge in [-0.3, -0.25) is 0 Å². The summed E-state index contributed by atoms with van der Waals surface area (Å²) in [7, 11) is 0. The van der Waals surface area contributed by atoms with Gasteiger partial charge in [0, 0.05) is 22.9 Å². The normalized spacial score (nSPS) is 12.0. The number of allylic oxidation sites excluding steroid dienone is 2. The molecule has 35 heavy (non-hydrogen) atoms. The van der Waals surface area contributed by atoms with Gasteiger partial charge in [0.15, 0.2) is 5.82 Å². The van der Waals surface area contributed by atoms with Gasteiger partial charge in [-0.2, -0.15) is 0 Å². The van der Waals surface area contributed by atoms with E-state index in [1.165, 1.54) is 105 Å². The topological polar surface area (TPSA) is 25.8 Å². The molecule has 0 aliphatic heterocycles. The number of hydrogen-bond acceptors (Lipinski definition) is 3. The lowest BCUT2D eigenvalue weighted by atomic mass is 10.0. The fraction of sp³-hybridized carbons (Fsp3) is 0.625. The quantitative estimate of drug-likeness (QED) is 0.110. The molecule has 0 fully saturated rings. The summed E-state index contributed by atoms with van der Waals surface area (Å²) in [6.45, 7) is 9.03. The lowest BCUT2D eigenvalue weighted by Crippen LogP contribution is -1.96. The van der Waals surface area contributed by atoms with Crippen molar-refractivity contribution in [3.63, 3.8) is 0 Å². The monoisotopic (exact) mass is 494 g/mol. The molecule has 0 amide bonds. The van der Waals surface area contributed by atoms with Crippen LogP contribution in [0.3, 0.4) is 0 Å². The maximum atomic E-state index is 4.65. The second-order valence-corrected chi connectivity index (χ2v) is 11.6. The average Bonchev–Trinajstić information content (AvgIpc) is 2.86. The molecule has 0 spiro atoms. The number of hydrogen-bond donors (Lipinski definition) is 0. The first-order chi connectivity index (χ1) is 17.1. The summed E-state index contributed by atoms with van der Waals surface area (Å²) in [6, 6.07) is 8.76. The van der Waals surface area contributed by atoms with E-state index in [2.05, 4.69) is 68.0 Å². The summed E-state index contributed by atoms with van der Waals surface area (Å²) in [5, 5.41) is 0. The molecule has 0 saturated carbocycles. The number of aryl methyl sites for hydroxylation is 1. The fourth-order valence-electron chi connectivity index (χ4n) is 4.33. The molecule has 2 rings (SSSR count). The fourth-order valence-corrected chi connectivity index (χ4v) is 5.41. The Morgan fingerprint density at radius 2 is 1.43 bits per heavy atom. The van der Waals surface area contributed by atoms with E-state index in [4.69, 9.17) is 0 Å². The molecule has 0 bridgehead atoms. The molecule has 0 aliphatic carbocycles. The van der Waals surface area contributed by atoms with Crippen LogP contribution in [0, 0.1) is 5.92 Å². The van der Waals surface area contributed by atoms with Gasteiger partial charge in [-0.1, -0.05) is 95.4 Å². The molecule has 0 saturated heterocycles. The highest BCUT2D eigenvalue weighted by Crippen LogP contribution is 2.25. The molecule has 0 N–H and O–H groups in total. The van der Waals surface area contributed by atoms with Crippen molar-refractivity contribution in [1.82, 2.24) is 9.97 Å². The van der Waals surface area contributed by atoms with Gasteiger partial charge in [-0.25, -0.2) is 9.97 Å². The summed E-state index contributed by atoms with van der Waals surface area (Å²) < 4.78 is 0. The van der Waals surface area contributed by atoms with Gasteiger partial charge < -0.3 is 0 Å². The highest BCUT2D eigenvalue weighted by Gasteiger charge is 2.05. The van der Waals surface area contributed by atoms with Crippen molar-refractivity contribution in [3.8, 4) is 11.4 Å². The van der Waals surface area contributed by atoms with Gasteiger partial charge in [-0.05, 0) is 75.3 Å². The van der Waals surface area contributed by atoms with Crippen molar-refractivity contribution in [2.45, 2.75) is 122 Å². The number of aromatic nitrogens is 2.